The molecule has 1 aliphatic heterocycles. The van der Waals surface area contributed by atoms with Crippen LogP contribution >= 0.6 is 7.75 Å². The number of rotatable bonds is 14. The molecule has 1 aromatic heterocycles. The summed E-state index contributed by atoms with van der Waals surface area (Å²) in [5, 5.41) is 14.7. The summed E-state index contributed by atoms with van der Waals surface area (Å²) in [6.07, 6.45) is 0.798. The number of aliphatic hydroxyl groups is 1. The number of fused-ring (bicyclic) bond motifs is 1. The van der Waals surface area contributed by atoms with Crippen LogP contribution in [0.25, 0.3) is 10.8 Å². The first-order valence-corrected chi connectivity index (χ1v) is 15.4. The topological polar surface area (TPSA) is 158 Å². The van der Waals surface area contributed by atoms with Crippen molar-refractivity contribution in [2.24, 2.45) is 0 Å². The molecule has 0 bridgehead atoms. The number of carbonyl (C=O) groups is 1. The number of aromatic amines is 1. The van der Waals surface area contributed by atoms with Crippen LogP contribution in [-0.2, 0) is 23.4 Å². The highest BCUT2D eigenvalue weighted by atomic mass is 31.2. The van der Waals surface area contributed by atoms with E-state index in [0.29, 0.717) is 18.0 Å². The lowest BCUT2D eigenvalue weighted by Gasteiger charge is -2.25. The number of benzene rings is 2. The number of nitrogens with one attached hydrogen (secondary N) is 2. The summed E-state index contributed by atoms with van der Waals surface area (Å²) in [7, 11) is -4.32. The maximum Gasteiger partial charge on any atom is 0.459 e. The number of nitrogens with zero attached hydrogens (tertiary/aromatic N) is 1. The van der Waals surface area contributed by atoms with Crippen molar-refractivity contribution in [1.82, 2.24) is 14.6 Å². The largest absolute Gasteiger partial charge is 0.465 e. The second kappa shape index (κ2) is 14.2. The van der Waals surface area contributed by atoms with Crippen molar-refractivity contribution in [3.8, 4) is 5.75 Å². The average Bonchev–Trinajstić information content (AvgIpc) is 3.33. The van der Waals surface area contributed by atoms with E-state index in [2.05, 4.69) is 12.0 Å². The predicted molar refractivity (Wildman–Crippen MR) is 152 cm³/mol. The Kier molecular flexibility index (Phi) is 10.7. The summed E-state index contributed by atoms with van der Waals surface area (Å²) in [4.78, 5) is 38.0. The summed E-state index contributed by atoms with van der Waals surface area (Å²) >= 11 is 0. The van der Waals surface area contributed by atoms with Gasteiger partial charge in [-0.1, -0.05) is 62.6 Å². The molecular formula is C28H35FN3O9P. The highest BCUT2D eigenvalue weighted by Crippen LogP contribution is 2.47. The van der Waals surface area contributed by atoms with Crippen molar-refractivity contribution >= 4 is 24.5 Å². The standard InChI is InChI=1S/C28H35FN3O9P/c1-3-4-5-8-14-38-27(35)18(2)31-42(37,41-23-13-9-11-19-10-6-7-12-20(19)23)39-17-24-22(33)15-25(40-24)32-16-21(29)26(34)30-28(32)36/h6-7,9-13,16,18,22,24-25,33H,3-5,8,14-15,17H2,1-2H3,(H,31,37)(H,30,34,36)/t18-,22+,24+,25+,42?/m0/s1. The molecule has 2 heterocycles. The van der Waals surface area contributed by atoms with Gasteiger partial charge in [0.2, 0.25) is 5.82 Å². The molecule has 2 aromatic carbocycles. The van der Waals surface area contributed by atoms with Crippen LogP contribution in [0.5, 0.6) is 5.75 Å². The quantitative estimate of drug-likeness (QED) is 0.140. The molecule has 0 spiro atoms. The van der Waals surface area contributed by atoms with E-state index in [9.17, 15) is 28.4 Å². The van der Waals surface area contributed by atoms with E-state index < -0.39 is 61.9 Å². The van der Waals surface area contributed by atoms with Gasteiger partial charge in [0.1, 0.15) is 24.1 Å². The maximum absolute atomic E-state index is 14.1. The molecule has 1 aliphatic rings. The van der Waals surface area contributed by atoms with Gasteiger partial charge in [-0.05, 0) is 24.8 Å². The lowest BCUT2D eigenvalue weighted by molar-refractivity contribution is -0.145. The van der Waals surface area contributed by atoms with E-state index >= 15 is 0 Å². The third kappa shape index (κ3) is 7.93. The molecule has 1 saturated heterocycles. The van der Waals surface area contributed by atoms with E-state index in [4.69, 9.17) is 18.5 Å². The van der Waals surface area contributed by atoms with Gasteiger partial charge in [-0.15, -0.1) is 0 Å². The molecule has 0 amide bonds. The summed E-state index contributed by atoms with van der Waals surface area (Å²) in [6, 6.07) is 11.3. The molecule has 5 atom stereocenters. The van der Waals surface area contributed by atoms with Crippen LogP contribution < -0.4 is 20.9 Å². The number of ether oxygens (including phenoxy) is 2. The van der Waals surface area contributed by atoms with Gasteiger partial charge in [-0.25, -0.2) is 9.36 Å². The Balaban J connectivity index is 1.49. The maximum atomic E-state index is 14.1. The van der Waals surface area contributed by atoms with E-state index in [-0.39, 0.29) is 18.8 Å². The van der Waals surface area contributed by atoms with E-state index in [1.54, 1.807) is 24.3 Å². The van der Waals surface area contributed by atoms with Gasteiger partial charge in [-0.2, -0.15) is 9.48 Å². The van der Waals surface area contributed by atoms with Crippen molar-refractivity contribution in [3.05, 3.63) is 75.3 Å². The molecule has 12 nitrogen and oxygen atoms in total. The zero-order valence-corrected chi connectivity index (χ0v) is 24.3. The van der Waals surface area contributed by atoms with Crippen LogP contribution in [0.15, 0.2) is 58.3 Å². The van der Waals surface area contributed by atoms with E-state index in [1.807, 2.05) is 23.2 Å². The Morgan fingerprint density at radius 1 is 1.21 bits per heavy atom. The van der Waals surface area contributed by atoms with Crippen LogP contribution in [0.1, 0.15) is 52.2 Å². The molecule has 1 unspecified atom stereocenters. The molecule has 0 aliphatic carbocycles. The van der Waals surface area contributed by atoms with Crippen molar-refractivity contribution in [3.63, 3.8) is 0 Å². The zero-order valence-electron chi connectivity index (χ0n) is 23.4. The van der Waals surface area contributed by atoms with Gasteiger partial charge >= 0.3 is 19.4 Å². The Morgan fingerprint density at radius 2 is 1.98 bits per heavy atom. The number of halogens is 1. The summed E-state index contributed by atoms with van der Waals surface area (Å²) in [5.41, 5.74) is -2.10. The number of hydrogen-bond acceptors (Lipinski definition) is 9. The molecule has 0 saturated carbocycles. The normalized spacial score (nSPS) is 20.7. The second-order valence-corrected chi connectivity index (χ2v) is 11.7. The lowest BCUT2D eigenvalue weighted by Crippen LogP contribution is -2.36. The number of esters is 1. The SMILES string of the molecule is CCCCCCOC(=O)[C@H](C)NP(=O)(OC[C@H]1O[C@@H](n2cc(F)c(=O)[nH]c2=O)C[C@H]1O)Oc1cccc2ccccc12. The van der Waals surface area contributed by atoms with Crippen LogP contribution in [0, 0.1) is 5.82 Å². The highest BCUT2D eigenvalue weighted by Gasteiger charge is 2.40. The minimum absolute atomic E-state index is 0.137. The molecule has 1 fully saturated rings. The number of H-pyrrole nitrogens is 1. The number of carbonyl (C=O) groups excluding carboxylic acids is 1. The van der Waals surface area contributed by atoms with E-state index in [0.717, 1.165) is 29.2 Å². The highest BCUT2D eigenvalue weighted by molar-refractivity contribution is 7.52. The number of hydrogen-bond donors (Lipinski definition) is 3. The molecule has 42 heavy (non-hydrogen) atoms. The van der Waals surface area contributed by atoms with E-state index in [1.165, 1.54) is 6.92 Å². The van der Waals surface area contributed by atoms with Crippen molar-refractivity contribution < 1.29 is 37.4 Å². The van der Waals surface area contributed by atoms with Gasteiger partial charge < -0.3 is 19.1 Å². The van der Waals surface area contributed by atoms with Crippen LogP contribution in [0.2, 0.25) is 0 Å². The van der Waals surface area contributed by atoms with Crippen molar-refractivity contribution in [1.29, 1.82) is 0 Å². The van der Waals surface area contributed by atoms with Gasteiger partial charge in [0, 0.05) is 11.8 Å². The Bertz CT molecular complexity index is 1540. The monoisotopic (exact) mass is 607 g/mol. The molecule has 3 aromatic rings. The molecule has 4 rings (SSSR count). The molecule has 0 radical (unpaired) electrons. The first-order valence-electron chi connectivity index (χ1n) is 13.8. The minimum atomic E-state index is -4.32. The fourth-order valence-corrected chi connectivity index (χ4v) is 6.01. The smallest absolute Gasteiger partial charge is 0.459 e. The third-order valence-corrected chi connectivity index (χ3v) is 8.39. The fourth-order valence-electron chi connectivity index (χ4n) is 4.49. The lowest BCUT2D eigenvalue weighted by atomic mass is 10.1. The molecule has 3 N–H and O–H groups in total. The minimum Gasteiger partial charge on any atom is -0.465 e. The Hall–Kier alpha value is -3.35. The van der Waals surface area contributed by atoms with Crippen LogP contribution in [0.3, 0.4) is 0 Å². The Morgan fingerprint density at radius 3 is 2.76 bits per heavy atom. The van der Waals surface area contributed by atoms with Crippen LogP contribution in [0.4, 0.5) is 4.39 Å². The number of unbranched alkanes of at least 4 members (excludes halogenated alkanes) is 3. The number of aliphatic hydroxyl groups excluding tert-OH is 1. The number of aromatic nitrogens is 2. The zero-order chi connectivity index (χ0) is 30.3. The van der Waals surface area contributed by atoms with Gasteiger partial charge in [0.15, 0.2) is 0 Å². The van der Waals surface area contributed by atoms with Gasteiger partial charge in [0.05, 0.1) is 25.5 Å². The van der Waals surface area contributed by atoms with Crippen molar-refractivity contribution in [2.45, 2.75) is 70.4 Å². The van der Waals surface area contributed by atoms with Crippen LogP contribution in [-0.4, -0.2) is 52.1 Å². The van der Waals surface area contributed by atoms with Crippen molar-refractivity contribution in [2.75, 3.05) is 13.2 Å². The Labute approximate surface area is 241 Å². The third-order valence-electron chi connectivity index (χ3n) is 6.76. The van der Waals surface area contributed by atoms with Gasteiger partial charge in [-0.3, -0.25) is 23.7 Å². The molecule has 228 valence electrons. The first kappa shape index (κ1) is 31.6. The molecular weight excluding hydrogens is 572 g/mol. The molecule has 14 heteroatoms. The summed E-state index contributed by atoms with van der Waals surface area (Å²) in [6.45, 7) is 3.27. The summed E-state index contributed by atoms with van der Waals surface area (Å²) in [5.74, 6) is -1.62. The average molecular weight is 608 g/mol. The summed E-state index contributed by atoms with van der Waals surface area (Å²) < 4.78 is 51.2. The van der Waals surface area contributed by atoms with Gasteiger partial charge in [0.25, 0.3) is 5.56 Å². The predicted octanol–water partition coefficient (Wildman–Crippen LogP) is 3.78. The fraction of sp³-hybridized carbons (Fsp3) is 0.464. The second-order valence-electron chi connectivity index (χ2n) is 10.0. The first-order chi connectivity index (χ1) is 20.1.